The molecule has 1 aromatic carbocycles. The van der Waals surface area contributed by atoms with Crippen molar-refractivity contribution in [2.45, 2.75) is 12.3 Å². The lowest BCUT2D eigenvalue weighted by Crippen LogP contribution is -2.23. The zero-order valence-corrected chi connectivity index (χ0v) is 13.1. The minimum atomic E-state index is -0.234. The number of nitrogens with one attached hydrogen (secondary N) is 1. The minimum Gasteiger partial charge on any atom is -0.492 e. The minimum absolute atomic E-state index is 0.189. The van der Waals surface area contributed by atoms with Gasteiger partial charge in [-0.2, -0.15) is 16.7 Å². The third-order valence-electron chi connectivity index (χ3n) is 2.67. The van der Waals surface area contributed by atoms with Crippen LogP contribution in [-0.4, -0.2) is 35.5 Å². The molecular weight excluding hydrogens is 304 g/mol. The third kappa shape index (κ3) is 4.74. The van der Waals surface area contributed by atoms with Crippen LogP contribution in [0, 0.1) is 0 Å². The molecule has 0 saturated heterocycles. The maximum Gasteiger partial charge on any atom is 0.251 e. The van der Waals surface area contributed by atoms with E-state index >= 15 is 0 Å². The van der Waals surface area contributed by atoms with Crippen molar-refractivity contribution in [3.8, 4) is 5.75 Å². The Morgan fingerprint density at radius 3 is 3.14 bits per heavy atom. The van der Waals surface area contributed by atoms with Gasteiger partial charge >= 0.3 is 0 Å². The van der Waals surface area contributed by atoms with Gasteiger partial charge in [0.25, 0.3) is 5.91 Å². The molecule has 1 amide bonds. The van der Waals surface area contributed by atoms with Gasteiger partial charge in [-0.1, -0.05) is 11.2 Å². The first kappa shape index (κ1) is 16.3. The number of hydrogen-bond donors (Lipinski definition) is 2. The van der Waals surface area contributed by atoms with Crippen LogP contribution < -0.4 is 15.8 Å². The normalized spacial score (nSPS) is 10.5. The van der Waals surface area contributed by atoms with E-state index in [1.165, 1.54) is 0 Å². The Morgan fingerprint density at radius 2 is 2.36 bits per heavy atom. The molecule has 2 aromatic rings. The number of thioether (sulfide) groups is 1. The van der Waals surface area contributed by atoms with E-state index in [0.29, 0.717) is 41.9 Å². The largest absolute Gasteiger partial charge is 0.492 e. The highest BCUT2D eigenvalue weighted by Gasteiger charge is 2.10. The van der Waals surface area contributed by atoms with E-state index in [1.54, 1.807) is 36.0 Å². The molecular formula is C14H18N4O3S. The Bertz CT molecular complexity index is 618. The number of rotatable bonds is 8. The number of nitrogens with zero attached hydrogens (tertiary/aromatic N) is 2. The van der Waals surface area contributed by atoms with Crippen molar-refractivity contribution >= 4 is 17.7 Å². The number of benzene rings is 1. The maximum absolute atomic E-state index is 12.1. The molecule has 0 radical (unpaired) electrons. The Morgan fingerprint density at radius 1 is 1.50 bits per heavy atom. The van der Waals surface area contributed by atoms with Crippen LogP contribution in [-0.2, 0) is 12.3 Å². The van der Waals surface area contributed by atoms with E-state index in [4.69, 9.17) is 15.0 Å². The van der Waals surface area contributed by atoms with Gasteiger partial charge < -0.3 is 20.3 Å². The summed E-state index contributed by atoms with van der Waals surface area (Å²) < 4.78 is 10.4. The van der Waals surface area contributed by atoms with Gasteiger partial charge in [-0.3, -0.25) is 4.79 Å². The molecule has 8 heteroatoms. The van der Waals surface area contributed by atoms with Gasteiger partial charge in [-0.25, -0.2) is 0 Å². The van der Waals surface area contributed by atoms with Crippen molar-refractivity contribution in [1.82, 2.24) is 15.5 Å². The Kier molecular flexibility index (Phi) is 6.23. The molecule has 118 valence electrons. The van der Waals surface area contributed by atoms with Gasteiger partial charge in [0, 0.05) is 12.1 Å². The molecule has 0 spiro atoms. The van der Waals surface area contributed by atoms with Crippen molar-refractivity contribution in [3.05, 3.63) is 41.5 Å². The zero-order valence-electron chi connectivity index (χ0n) is 12.2. The van der Waals surface area contributed by atoms with E-state index in [1.807, 2.05) is 6.26 Å². The van der Waals surface area contributed by atoms with Crippen LogP contribution in [0.4, 0.5) is 0 Å². The molecule has 2 rings (SSSR count). The summed E-state index contributed by atoms with van der Waals surface area (Å²) >= 11 is 1.60. The second-order valence-corrected chi connectivity index (χ2v) is 5.25. The van der Waals surface area contributed by atoms with Gasteiger partial charge in [-0.15, -0.1) is 0 Å². The number of amides is 1. The van der Waals surface area contributed by atoms with E-state index in [2.05, 4.69) is 15.5 Å². The fraction of sp³-hybridized carbons (Fsp3) is 0.357. The fourth-order valence-electron chi connectivity index (χ4n) is 1.71. The Hall–Kier alpha value is -2.06. The summed E-state index contributed by atoms with van der Waals surface area (Å²) in [5.41, 5.74) is 5.88. The van der Waals surface area contributed by atoms with Gasteiger partial charge in [-0.05, 0) is 24.5 Å². The molecule has 7 nitrogen and oxygen atoms in total. The van der Waals surface area contributed by atoms with E-state index < -0.39 is 0 Å². The van der Waals surface area contributed by atoms with Gasteiger partial charge in [0.15, 0.2) is 5.82 Å². The summed E-state index contributed by atoms with van der Waals surface area (Å²) in [6.07, 6.45) is 1.96. The van der Waals surface area contributed by atoms with Crippen LogP contribution in [0.25, 0.3) is 0 Å². The van der Waals surface area contributed by atoms with E-state index in [0.717, 1.165) is 0 Å². The number of carbonyl (C=O) groups is 1. The number of carbonyl (C=O) groups excluding carboxylic acids is 1. The number of hydrogen-bond acceptors (Lipinski definition) is 7. The lowest BCUT2D eigenvalue weighted by atomic mass is 10.2. The molecule has 0 saturated carbocycles. The summed E-state index contributed by atoms with van der Waals surface area (Å²) in [6, 6.07) is 6.90. The molecule has 0 aliphatic carbocycles. The average Bonchev–Trinajstić information content (AvgIpc) is 2.99. The lowest BCUT2D eigenvalue weighted by Gasteiger charge is -2.07. The first-order valence-electron chi connectivity index (χ1n) is 6.74. The fourth-order valence-corrected chi connectivity index (χ4v) is 2.09. The molecule has 0 unspecified atom stereocenters. The van der Waals surface area contributed by atoms with Crippen molar-refractivity contribution in [3.63, 3.8) is 0 Å². The first-order chi connectivity index (χ1) is 10.7. The quantitative estimate of drug-likeness (QED) is 0.752. The molecule has 0 fully saturated rings. The van der Waals surface area contributed by atoms with Gasteiger partial charge in [0.1, 0.15) is 12.4 Å². The van der Waals surface area contributed by atoms with Crippen molar-refractivity contribution < 1.29 is 14.1 Å². The molecule has 1 aromatic heterocycles. The van der Waals surface area contributed by atoms with Crippen LogP contribution >= 0.6 is 11.8 Å². The lowest BCUT2D eigenvalue weighted by molar-refractivity contribution is 0.0946. The van der Waals surface area contributed by atoms with Crippen LogP contribution in [0.5, 0.6) is 5.75 Å². The number of nitrogens with two attached hydrogens (primary N) is 1. The predicted molar refractivity (Wildman–Crippen MR) is 83.7 cm³/mol. The van der Waals surface area contributed by atoms with Crippen molar-refractivity contribution in [2.75, 3.05) is 19.4 Å². The second-order valence-electron chi connectivity index (χ2n) is 4.39. The summed E-state index contributed by atoms with van der Waals surface area (Å²) in [5.74, 6) is 2.06. The number of aromatic nitrogens is 2. The Balaban J connectivity index is 1.90. The van der Waals surface area contributed by atoms with E-state index in [9.17, 15) is 4.79 Å². The molecule has 0 atom stereocenters. The molecule has 3 N–H and O–H groups in total. The van der Waals surface area contributed by atoms with Crippen LogP contribution in [0.3, 0.4) is 0 Å². The average molecular weight is 322 g/mol. The van der Waals surface area contributed by atoms with Crippen LogP contribution in [0.1, 0.15) is 22.1 Å². The monoisotopic (exact) mass is 322 g/mol. The SMILES string of the molecule is CSCc1noc(CNC(=O)c2cccc(OCCN)c2)n1. The standard InChI is InChI=1S/C14H18N4O3S/c1-22-9-12-17-13(21-18-12)8-16-14(19)10-3-2-4-11(7-10)20-6-5-15/h2-4,7H,5-6,8-9,15H2,1H3,(H,16,19). The molecule has 0 aliphatic heterocycles. The molecule has 22 heavy (non-hydrogen) atoms. The smallest absolute Gasteiger partial charge is 0.251 e. The molecule has 0 bridgehead atoms. The highest BCUT2D eigenvalue weighted by Crippen LogP contribution is 2.13. The summed E-state index contributed by atoms with van der Waals surface area (Å²) in [4.78, 5) is 16.3. The predicted octanol–water partition coefficient (Wildman–Crippen LogP) is 1.20. The highest BCUT2D eigenvalue weighted by atomic mass is 32.2. The highest BCUT2D eigenvalue weighted by molar-refractivity contribution is 7.97. The van der Waals surface area contributed by atoms with Crippen LogP contribution in [0.15, 0.2) is 28.8 Å². The summed E-state index contributed by atoms with van der Waals surface area (Å²) in [7, 11) is 0. The van der Waals surface area contributed by atoms with E-state index in [-0.39, 0.29) is 12.5 Å². The molecule has 0 aliphatic rings. The Labute approximate surface area is 132 Å². The van der Waals surface area contributed by atoms with Gasteiger partial charge in [0.2, 0.25) is 5.89 Å². The maximum atomic E-state index is 12.1. The van der Waals surface area contributed by atoms with Crippen molar-refractivity contribution in [1.29, 1.82) is 0 Å². The first-order valence-corrected chi connectivity index (χ1v) is 8.14. The van der Waals surface area contributed by atoms with Crippen LogP contribution in [0.2, 0.25) is 0 Å². The summed E-state index contributed by atoms with van der Waals surface area (Å²) in [5, 5.41) is 6.55. The van der Waals surface area contributed by atoms with Crippen molar-refractivity contribution in [2.24, 2.45) is 5.73 Å². The second kappa shape index (κ2) is 8.40. The topological polar surface area (TPSA) is 103 Å². The van der Waals surface area contributed by atoms with Gasteiger partial charge in [0.05, 0.1) is 12.3 Å². The third-order valence-corrected chi connectivity index (χ3v) is 3.21. The molecule has 1 heterocycles. The number of ether oxygens (including phenoxy) is 1. The summed E-state index contributed by atoms with van der Waals surface area (Å²) in [6.45, 7) is 1.02. The zero-order chi connectivity index (χ0) is 15.8.